The molecule has 1 heterocycles. The van der Waals surface area contributed by atoms with E-state index in [1.54, 1.807) is 12.1 Å². The highest BCUT2D eigenvalue weighted by Gasteiger charge is 2.30. The molecule has 3 N–H and O–H groups in total. The second-order valence-corrected chi connectivity index (χ2v) is 6.84. The van der Waals surface area contributed by atoms with Crippen molar-refractivity contribution in [2.45, 2.75) is 30.2 Å². The Hall–Kier alpha value is -1.11. The van der Waals surface area contributed by atoms with Crippen LogP contribution >= 0.6 is 0 Å². The Kier molecular flexibility index (Phi) is 3.85. The van der Waals surface area contributed by atoms with Gasteiger partial charge in [0.25, 0.3) is 0 Å². The molecule has 0 bridgehead atoms. The third-order valence-electron chi connectivity index (χ3n) is 3.98. The van der Waals surface area contributed by atoms with Crippen LogP contribution in [0.3, 0.4) is 0 Å². The summed E-state index contributed by atoms with van der Waals surface area (Å²) in [5.41, 5.74) is 0.843. The number of piperidine rings is 1. The van der Waals surface area contributed by atoms with E-state index in [0.717, 1.165) is 25.9 Å². The quantitative estimate of drug-likeness (QED) is 0.864. The highest BCUT2D eigenvalue weighted by Crippen LogP contribution is 2.29. The molecule has 2 rings (SSSR count). The molecule has 0 aliphatic carbocycles. The van der Waals surface area contributed by atoms with Crippen LogP contribution in [0.5, 0.6) is 0 Å². The predicted octanol–water partition coefficient (Wildman–Crippen LogP) is 0.912. The molecule has 6 heteroatoms. The largest absolute Gasteiger partial charge is 0.370 e. The van der Waals surface area contributed by atoms with Gasteiger partial charge in [0.1, 0.15) is 4.90 Å². The van der Waals surface area contributed by atoms with Crippen LogP contribution in [0.15, 0.2) is 29.2 Å². The van der Waals surface area contributed by atoms with Crippen molar-refractivity contribution < 1.29 is 8.42 Å². The van der Waals surface area contributed by atoms with Gasteiger partial charge >= 0.3 is 0 Å². The number of nitrogens with one attached hydrogen (secondary N) is 1. The van der Waals surface area contributed by atoms with Crippen molar-refractivity contribution in [1.29, 1.82) is 0 Å². The lowest BCUT2D eigenvalue weighted by Gasteiger charge is -2.40. The Morgan fingerprint density at radius 2 is 1.84 bits per heavy atom. The SMILES string of the molecule is CNC1(C)CCN(c2ccccc2S(N)(=O)=O)CC1. The van der Waals surface area contributed by atoms with Crippen molar-refractivity contribution in [2.75, 3.05) is 25.0 Å². The van der Waals surface area contributed by atoms with Crippen LogP contribution in [0.4, 0.5) is 5.69 Å². The van der Waals surface area contributed by atoms with Crippen molar-refractivity contribution in [1.82, 2.24) is 5.32 Å². The molecule has 0 aromatic heterocycles. The van der Waals surface area contributed by atoms with Crippen LogP contribution in [0.25, 0.3) is 0 Å². The molecule has 1 aliphatic heterocycles. The average molecular weight is 283 g/mol. The Labute approximate surface area is 114 Å². The molecule has 0 radical (unpaired) electrons. The second-order valence-electron chi connectivity index (χ2n) is 5.31. The molecule has 0 amide bonds. The molecule has 0 unspecified atom stereocenters. The fourth-order valence-electron chi connectivity index (χ4n) is 2.45. The molecule has 19 heavy (non-hydrogen) atoms. The number of anilines is 1. The van der Waals surface area contributed by atoms with Gasteiger partial charge in [-0.2, -0.15) is 0 Å². The smallest absolute Gasteiger partial charge is 0.240 e. The van der Waals surface area contributed by atoms with Crippen LogP contribution in [0.2, 0.25) is 0 Å². The first-order valence-electron chi connectivity index (χ1n) is 6.41. The number of nitrogens with two attached hydrogens (primary N) is 1. The maximum atomic E-state index is 11.6. The summed E-state index contributed by atoms with van der Waals surface area (Å²) in [6.07, 6.45) is 1.95. The Balaban J connectivity index is 2.26. The highest BCUT2D eigenvalue weighted by molar-refractivity contribution is 7.89. The van der Waals surface area contributed by atoms with Crippen LogP contribution < -0.4 is 15.4 Å². The summed E-state index contributed by atoms with van der Waals surface area (Å²) >= 11 is 0. The zero-order valence-corrected chi connectivity index (χ0v) is 12.2. The van der Waals surface area contributed by atoms with E-state index in [1.165, 1.54) is 0 Å². The van der Waals surface area contributed by atoms with Crippen LogP contribution in [-0.4, -0.2) is 34.1 Å². The van der Waals surface area contributed by atoms with Crippen molar-refractivity contribution in [3.05, 3.63) is 24.3 Å². The van der Waals surface area contributed by atoms with E-state index in [0.29, 0.717) is 5.69 Å². The van der Waals surface area contributed by atoms with E-state index in [1.807, 2.05) is 19.2 Å². The summed E-state index contributed by atoms with van der Waals surface area (Å²) in [5.74, 6) is 0. The van der Waals surface area contributed by atoms with Crippen LogP contribution in [0, 0.1) is 0 Å². The summed E-state index contributed by atoms with van der Waals surface area (Å²) in [7, 11) is -1.71. The van der Waals surface area contributed by atoms with E-state index in [9.17, 15) is 8.42 Å². The fraction of sp³-hybridized carbons (Fsp3) is 0.538. The van der Waals surface area contributed by atoms with Gasteiger partial charge in [-0.05, 0) is 38.9 Å². The normalized spacial score (nSPS) is 19.4. The predicted molar refractivity (Wildman–Crippen MR) is 76.7 cm³/mol. The summed E-state index contributed by atoms with van der Waals surface area (Å²) in [6, 6.07) is 6.93. The van der Waals surface area contributed by atoms with Crippen LogP contribution in [0.1, 0.15) is 19.8 Å². The van der Waals surface area contributed by atoms with Gasteiger partial charge in [0.15, 0.2) is 0 Å². The van der Waals surface area contributed by atoms with Gasteiger partial charge in [-0.3, -0.25) is 0 Å². The van der Waals surface area contributed by atoms with Crippen LogP contribution in [-0.2, 0) is 10.0 Å². The monoisotopic (exact) mass is 283 g/mol. The molecule has 1 saturated heterocycles. The van der Waals surface area contributed by atoms with Crippen molar-refractivity contribution in [3.8, 4) is 0 Å². The zero-order chi connectivity index (χ0) is 14.1. The lowest BCUT2D eigenvalue weighted by atomic mass is 9.89. The van der Waals surface area contributed by atoms with Crippen molar-refractivity contribution in [2.24, 2.45) is 5.14 Å². The fourth-order valence-corrected chi connectivity index (χ4v) is 3.21. The number of hydrogen-bond acceptors (Lipinski definition) is 4. The maximum absolute atomic E-state index is 11.6. The van der Waals surface area contributed by atoms with Gasteiger partial charge in [0.05, 0.1) is 5.69 Å². The third kappa shape index (κ3) is 3.08. The van der Waals surface area contributed by atoms with E-state index in [4.69, 9.17) is 5.14 Å². The first-order valence-corrected chi connectivity index (χ1v) is 7.96. The molecule has 1 aromatic rings. The number of para-hydroxylation sites is 1. The Morgan fingerprint density at radius 1 is 1.26 bits per heavy atom. The first kappa shape index (κ1) is 14.3. The number of primary sulfonamides is 1. The first-order chi connectivity index (χ1) is 8.86. The van der Waals surface area contributed by atoms with E-state index < -0.39 is 10.0 Å². The number of nitrogens with zero attached hydrogens (tertiary/aromatic N) is 1. The van der Waals surface area contributed by atoms with E-state index in [-0.39, 0.29) is 10.4 Å². The molecular formula is C13H21N3O2S. The van der Waals surface area contributed by atoms with Gasteiger partial charge in [-0.1, -0.05) is 12.1 Å². The number of rotatable bonds is 3. The van der Waals surface area contributed by atoms with Gasteiger partial charge in [0.2, 0.25) is 10.0 Å². The third-order valence-corrected chi connectivity index (χ3v) is 4.94. The lowest BCUT2D eigenvalue weighted by molar-refractivity contribution is 0.304. The molecule has 0 spiro atoms. The highest BCUT2D eigenvalue weighted by atomic mass is 32.2. The molecule has 1 fully saturated rings. The molecule has 5 nitrogen and oxygen atoms in total. The summed E-state index contributed by atoms with van der Waals surface area (Å²) in [4.78, 5) is 2.31. The van der Waals surface area contributed by atoms with Crippen molar-refractivity contribution in [3.63, 3.8) is 0 Å². The molecule has 1 aromatic carbocycles. The molecular weight excluding hydrogens is 262 g/mol. The Morgan fingerprint density at radius 3 is 2.37 bits per heavy atom. The van der Waals surface area contributed by atoms with E-state index in [2.05, 4.69) is 17.1 Å². The molecule has 1 aliphatic rings. The zero-order valence-electron chi connectivity index (χ0n) is 11.4. The van der Waals surface area contributed by atoms with E-state index >= 15 is 0 Å². The second kappa shape index (κ2) is 5.11. The lowest BCUT2D eigenvalue weighted by Crippen LogP contribution is -2.50. The summed E-state index contributed by atoms with van der Waals surface area (Å²) < 4.78 is 23.2. The van der Waals surface area contributed by atoms with Gasteiger partial charge in [-0.25, -0.2) is 13.6 Å². The topological polar surface area (TPSA) is 75.4 Å². The minimum atomic E-state index is -3.67. The summed E-state index contributed by atoms with van der Waals surface area (Å²) in [6.45, 7) is 3.84. The number of sulfonamides is 1. The standard InChI is InChI=1S/C13H21N3O2S/c1-13(15-2)7-9-16(10-8-13)11-5-3-4-6-12(11)19(14,17)18/h3-6,15H,7-10H2,1-2H3,(H2,14,17,18). The van der Waals surface area contributed by atoms with Gasteiger partial charge < -0.3 is 10.2 Å². The van der Waals surface area contributed by atoms with Gasteiger partial charge in [0, 0.05) is 18.6 Å². The summed E-state index contributed by atoms with van der Waals surface area (Å²) in [5, 5.41) is 8.60. The minimum absolute atomic E-state index is 0.132. The number of benzene rings is 1. The molecule has 0 atom stereocenters. The maximum Gasteiger partial charge on any atom is 0.240 e. The average Bonchev–Trinajstić information content (AvgIpc) is 2.39. The van der Waals surface area contributed by atoms with Crippen molar-refractivity contribution >= 4 is 15.7 Å². The van der Waals surface area contributed by atoms with Gasteiger partial charge in [-0.15, -0.1) is 0 Å². The Bertz CT molecular complexity index is 549. The molecule has 106 valence electrons. The number of hydrogen-bond donors (Lipinski definition) is 2. The molecule has 0 saturated carbocycles. The minimum Gasteiger partial charge on any atom is -0.370 e.